The van der Waals surface area contributed by atoms with Gasteiger partial charge in [-0.05, 0) is 37.0 Å². The quantitative estimate of drug-likeness (QED) is 0.836. The van der Waals surface area contributed by atoms with E-state index >= 15 is 0 Å². The van der Waals surface area contributed by atoms with E-state index in [4.69, 9.17) is 4.74 Å². The van der Waals surface area contributed by atoms with E-state index in [1.807, 2.05) is 0 Å². The van der Waals surface area contributed by atoms with Gasteiger partial charge in [-0.1, -0.05) is 27.7 Å². The number of hydrogen-bond acceptors (Lipinski definition) is 3. The van der Waals surface area contributed by atoms with Crippen molar-refractivity contribution in [3.63, 3.8) is 0 Å². The highest BCUT2D eigenvalue weighted by Gasteiger charge is 2.40. The van der Waals surface area contributed by atoms with Crippen LogP contribution in [0.1, 0.15) is 53.4 Å². The van der Waals surface area contributed by atoms with Crippen LogP contribution < -0.4 is 0 Å². The normalized spacial score (nSPS) is 38.4. The summed E-state index contributed by atoms with van der Waals surface area (Å²) in [6.07, 6.45) is 4.23. The van der Waals surface area contributed by atoms with Gasteiger partial charge in [0.05, 0.1) is 19.3 Å². The van der Waals surface area contributed by atoms with Crippen LogP contribution in [-0.4, -0.2) is 48.0 Å². The van der Waals surface area contributed by atoms with Gasteiger partial charge in [0.25, 0.3) is 0 Å². The van der Waals surface area contributed by atoms with Crippen LogP contribution in [0.5, 0.6) is 0 Å². The van der Waals surface area contributed by atoms with Gasteiger partial charge in [0.2, 0.25) is 0 Å². The molecule has 0 aromatic carbocycles. The molecule has 4 atom stereocenters. The summed E-state index contributed by atoms with van der Waals surface area (Å²) in [6.45, 7) is 11.9. The number of aliphatic hydroxyl groups excluding tert-OH is 1. The fourth-order valence-corrected chi connectivity index (χ4v) is 3.73. The number of hydrogen-bond donors (Lipinski definition) is 1. The van der Waals surface area contributed by atoms with E-state index in [0.717, 1.165) is 44.9 Å². The molecule has 0 aromatic heterocycles. The third-order valence-electron chi connectivity index (χ3n) is 5.18. The lowest BCUT2D eigenvalue weighted by atomic mass is 9.69. The number of rotatable bonds is 2. The van der Waals surface area contributed by atoms with Gasteiger partial charge in [-0.15, -0.1) is 0 Å². The first-order valence-corrected chi connectivity index (χ1v) is 7.95. The van der Waals surface area contributed by atoms with Crippen LogP contribution in [-0.2, 0) is 4.74 Å². The molecule has 3 nitrogen and oxygen atoms in total. The summed E-state index contributed by atoms with van der Waals surface area (Å²) in [6, 6.07) is 0.832. The summed E-state index contributed by atoms with van der Waals surface area (Å²) in [5.74, 6) is 0.723. The van der Waals surface area contributed by atoms with Gasteiger partial charge >= 0.3 is 0 Å². The average molecular weight is 269 g/mol. The number of aliphatic hydroxyl groups is 1. The van der Waals surface area contributed by atoms with Gasteiger partial charge in [0.1, 0.15) is 0 Å². The van der Waals surface area contributed by atoms with Crippen LogP contribution in [0.15, 0.2) is 0 Å². The molecular formula is C16H31NO2. The van der Waals surface area contributed by atoms with E-state index in [9.17, 15) is 5.11 Å². The zero-order valence-corrected chi connectivity index (χ0v) is 13.1. The predicted molar refractivity (Wildman–Crippen MR) is 78.2 cm³/mol. The van der Waals surface area contributed by atoms with Crippen molar-refractivity contribution in [3.8, 4) is 0 Å². The number of morpholine rings is 1. The molecule has 3 heteroatoms. The number of nitrogens with zero attached hydrogens (tertiary/aromatic N) is 1. The lowest BCUT2D eigenvalue weighted by molar-refractivity contribution is -0.0854. The van der Waals surface area contributed by atoms with E-state index in [-0.39, 0.29) is 6.10 Å². The number of ether oxygens (including phenoxy) is 1. The Morgan fingerprint density at radius 1 is 1.26 bits per heavy atom. The Kier molecular flexibility index (Phi) is 4.91. The minimum atomic E-state index is -0.147. The summed E-state index contributed by atoms with van der Waals surface area (Å²) < 4.78 is 5.60. The van der Waals surface area contributed by atoms with Crippen molar-refractivity contribution in [1.82, 2.24) is 4.90 Å². The molecule has 0 amide bonds. The van der Waals surface area contributed by atoms with Gasteiger partial charge < -0.3 is 9.84 Å². The minimum absolute atomic E-state index is 0.147. The molecule has 4 unspecified atom stereocenters. The predicted octanol–water partition coefficient (Wildman–Crippen LogP) is 2.67. The van der Waals surface area contributed by atoms with Crippen molar-refractivity contribution >= 4 is 0 Å². The monoisotopic (exact) mass is 269 g/mol. The van der Waals surface area contributed by atoms with Crippen LogP contribution >= 0.6 is 0 Å². The average Bonchev–Trinajstić information content (AvgIpc) is 2.38. The Balaban J connectivity index is 2.07. The van der Waals surface area contributed by atoms with Crippen molar-refractivity contribution in [1.29, 1.82) is 0 Å². The Hall–Kier alpha value is -0.120. The molecule has 1 aliphatic heterocycles. The molecule has 2 fully saturated rings. The van der Waals surface area contributed by atoms with Gasteiger partial charge in [0, 0.05) is 18.6 Å². The second-order valence-corrected chi connectivity index (χ2v) is 7.39. The van der Waals surface area contributed by atoms with Gasteiger partial charge in [-0.3, -0.25) is 4.90 Å². The molecule has 0 bridgehead atoms. The molecule has 0 spiro atoms. The molecular weight excluding hydrogens is 238 g/mol. The summed E-state index contributed by atoms with van der Waals surface area (Å²) in [7, 11) is 0. The maximum absolute atomic E-state index is 10.4. The second-order valence-electron chi connectivity index (χ2n) is 7.39. The van der Waals surface area contributed by atoms with Crippen molar-refractivity contribution in [2.24, 2.45) is 11.3 Å². The third kappa shape index (κ3) is 3.50. The van der Waals surface area contributed by atoms with Gasteiger partial charge in [-0.2, -0.15) is 0 Å². The molecule has 2 aliphatic rings. The van der Waals surface area contributed by atoms with Crippen molar-refractivity contribution < 1.29 is 9.84 Å². The van der Waals surface area contributed by atoms with Gasteiger partial charge in [-0.25, -0.2) is 0 Å². The first-order valence-electron chi connectivity index (χ1n) is 7.95. The molecule has 0 aromatic rings. The zero-order chi connectivity index (χ0) is 14.0. The summed E-state index contributed by atoms with van der Waals surface area (Å²) in [5.41, 5.74) is 0.354. The molecule has 112 valence electrons. The highest BCUT2D eigenvalue weighted by Crippen LogP contribution is 2.40. The van der Waals surface area contributed by atoms with Crippen molar-refractivity contribution in [3.05, 3.63) is 0 Å². The van der Waals surface area contributed by atoms with Gasteiger partial charge in [0.15, 0.2) is 0 Å². The Labute approximate surface area is 118 Å². The summed E-state index contributed by atoms with van der Waals surface area (Å²) in [5, 5.41) is 10.4. The first kappa shape index (κ1) is 15.3. The fourth-order valence-electron chi connectivity index (χ4n) is 3.73. The van der Waals surface area contributed by atoms with Crippen molar-refractivity contribution in [2.75, 3.05) is 19.8 Å². The lowest BCUT2D eigenvalue weighted by Gasteiger charge is -2.48. The van der Waals surface area contributed by atoms with Crippen LogP contribution in [0, 0.1) is 11.3 Å². The molecule has 2 rings (SSSR count). The van der Waals surface area contributed by atoms with E-state index in [1.54, 1.807) is 0 Å². The maximum Gasteiger partial charge on any atom is 0.0695 e. The Morgan fingerprint density at radius 3 is 2.63 bits per heavy atom. The standard InChI is InChI=1S/C16H31NO2/c1-5-13-11-19-9-8-17(13)14-10-12(16(2,3)4)6-7-15(14)18/h12-15,18H,5-11H2,1-4H3. The Bertz CT molecular complexity index is 287. The second kappa shape index (κ2) is 6.11. The lowest BCUT2D eigenvalue weighted by Crippen LogP contribution is -2.57. The Morgan fingerprint density at radius 2 is 2.00 bits per heavy atom. The first-order chi connectivity index (χ1) is 8.93. The summed E-state index contributed by atoms with van der Waals surface area (Å²) >= 11 is 0. The summed E-state index contributed by atoms with van der Waals surface area (Å²) in [4.78, 5) is 2.53. The molecule has 1 saturated carbocycles. The molecule has 1 heterocycles. The van der Waals surface area contributed by atoms with E-state index < -0.39 is 0 Å². The molecule has 1 N–H and O–H groups in total. The highest BCUT2D eigenvalue weighted by molar-refractivity contribution is 4.93. The van der Waals surface area contributed by atoms with Crippen LogP contribution in [0.25, 0.3) is 0 Å². The molecule has 19 heavy (non-hydrogen) atoms. The van der Waals surface area contributed by atoms with E-state index in [0.29, 0.717) is 17.5 Å². The van der Waals surface area contributed by atoms with E-state index in [1.165, 1.54) is 6.42 Å². The smallest absolute Gasteiger partial charge is 0.0695 e. The largest absolute Gasteiger partial charge is 0.391 e. The molecule has 0 radical (unpaired) electrons. The molecule has 1 aliphatic carbocycles. The van der Waals surface area contributed by atoms with Crippen LogP contribution in [0.2, 0.25) is 0 Å². The van der Waals surface area contributed by atoms with E-state index in [2.05, 4.69) is 32.6 Å². The third-order valence-corrected chi connectivity index (χ3v) is 5.18. The SMILES string of the molecule is CCC1COCCN1C1CC(C(C)(C)C)CCC1O. The molecule has 1 saturated heterocycles. The van der Waals surface area contributed by atoms with Crippen LogP contribution in [0.4, 0.5) is 0 Å². The minimum Gasteiger partial charge on any atom is -0.391 e. The zero-order valence-electron chi connectivity index (χ0n) is 13.1. The van der Waals surface area contributed by atoms with Crippen molar-refractivity contribution in [2.45, 2.75) is 71.6 Å². The highest BCUT2D eigenvalue weighted by atomic mass is 16.5. The maximum atomic E-state index is 10.4. The van der Waals surface area contributed by atoms with Crippen LogP contribution in [0.3, 0.4) is 0 Å². The topological polar surface area (TPSA) is 32.7 Å². The fraction of sp³-hybridized carbons (Fsp3) is 1.00.